The Labute approximate surface area is 118 Å². The summed E-state index contributed by atoms with van der Waals surface area (Å²) in [6, 6.07) is 7.21. The van der Waals surface area contributed by atoms with Gasteiger partial charge in [-0.3, -0.25) is 0 Å². The van der Waals surface area contributed by atoms with E-state index in [1.54, 1.807) is 0 Å². The molecule has 0 amide bonds. The van der Waals surface area contributed by atoms with E-state index in [9.17, 15) is 0 Å². The smallest absolute Gasteiger partial charge is 0.0396 e. The van der Waals surface area contributed by atoms with Crippen LogP contribution in [0, 0.1) is 12.8 Å². The van der Waals surface area contributed by atoms with Crippen LogP contribution < -0.4 is 4.90 Å². The van der Waals surface area contributed by atoms with Gasteiger partial charge in [0.05, 0.1) is 0 Å². The summed E-state index contributed by atoms with van der Waals surface area (Å²) in [5.74, 6) is 0.652. The van der Waals surface area contributed by atoms with Gasteiger partial charge in [-0.1, -0.05) is 44.2 Å². The Balaban J connectivity index is 2.94. The fourth-order valence-electron chi connectivity index (χ4n) is 2.12. The molecule has 0 saturated carbocycles. The highest BCUT2D eigenvalue weighted by Gasteiger charge is 2.15. The van der Waals surface area contributed by atoms with Crippen molar-refractivity contribution in [3.63, 3.8) is 0 Å². The lowest BCUT2D eigenvalue weighted by Gasteiger charge is -2.31. The summed E-state index contributed by atoms with van der Waals surface area (Å²) in [6.45, 7) is 11.0. The molecule has 0 aliphatic carbocycles. The molecule has 0 saturated heterocycles. The molecule has 0 radical (unpaired) electrons. The number of rotatable bonds is 5. The van der Waals surface area contributed by atoms with Crippen LogP contribution in [0.25, 0.3) is 6.08 Å². The van der Waals surface area contributed by atoms with E-state index in [1.807, 2.05) is 13.0 Å². The van der Waals surface area contributed by atoms with Crippen LogP contribution in [0.3, 0.4) is 0 Å². The van der Waals surface area contributed by atoms with Gasteiger partial charge >= 0.3 is 0 Å². The van der Waals surface area contributed by atoms with E-state index in [2.05, 4.69) is 76.1 Å². The van der Waals surface area contributed by atoms with Crippen molar-refractivity contribution in [2.24, 2.45) is 5.92 Å². The van der Waals surface area contributed by atoms with Crippen LogP contribution >= 0.6 is 0 Å². The van der Waals surface area contributed by atoms with E-state index in [0.717, 1.165) is 0 Å². The summed E-state index contributed by atoms with van der Waals surface area (Å²) < 4.78 is 0. The standard InChI is InChI=1S/C18H27N/c1-7-8-9-10-17-11-12-18(15(4)13-17)19(6)16(5)14(2)3/h7-14,16H,1-6H3/b8-7-,10-9-. The van der Waals surface area contributed by atoms with Gasteiger partial charge in [-0.2, -0.15) is 0 Å². The monoisotopic (exact) mass is 257 g/mol. The molecule has 0 spiro atoms. The minimum atomic E-state index is 0.545. The summed E-state index contributed by atoms with van der Waals surface area (Å²) in [6.07, 6.45) is 8.31. The highest BCUT2D eigenvalue weighted by molar-refractivity contribution is 5.61. The maximum Gasteiger partial charge on any atom is 0.0396 e. The van der Waals surface area contributed by atoms with E-state index in [4.69, 9.17) is 0 Å². The predicted octanol–water partition coefficient (Wildman–Crippen LogP) is 5.07. The largest absolute Gasteiger partial charge is 0.371 e. The van der Waals surface area contributed by atoms with Gasteiger partial charge < -0.3 is 4.90 Å². The van der Waals surface area contributed by atoms with Gasteiger partial charge in [0.15, 0.2) is 0 Å². The lowest BCUT2D eigenvalue weighted by molar-refractivity contribution is 0.505. The summed E-state index contributed by atoms with van der Waals surface area (Å²) >= 11 is 0. The van der Waals surface area contributed by atoms with Crippen molar-refractivity contribution >= 4 is 11.8 Å². The average molecular weight is 257 g/mol. The van der Waals surface area contributed by atoms with E-state index in [0.29, 0.717) is 12.0 Å². The van der Waals surface area contributed by atoms with Gasteiger partial charge in [0.2, 0.25) is 0 Å². The van der Waals surface area contributed by atoms with E-state index in [1.165, 1.54) is 16.8 Å². The fourth-order valence-corrected chi connectivity index (χ4v) is 2.12. The number of aryl methyl sites for hydroxylation is 1. The Morgan fingerprint density at radius 1 is 1.11 bits per heavy atom. The molecule has 0 aliphatic rings. The molecule has 1 aromatic rings. The molecule has 1 aromatic carbocycles. The Kier molecular flexibility index (Phi) is 5.88. The first-order chi connectivity index (χ1) is 8.97. The first-order valence-electron chi connectivity index (χ1n) is 7.10. The van der Waals surface area contributed by atoms with Gasteiger partial charge in [-0.15, -0.1) is 0 Å². The molecule has 1 atom stereocenters. The number of anilines is 1. The molecule has 0 aliphatic heterocycles. The summed E-state index contributed by atoms with van der Waals surface area (Å²) in [5, 5.41) is 0. The van der Waals surface area contributed by atoms with Crippen LogP contribution in [0.4, 0.5) is 5.69 Å². The average Bonchev–Trinajstić information content (AvgIpc) is 2.37. The highest BCUT2D eigenvalue weighted by atomic mass is 15.1. The Morgan fingerprint density at radius 3 is 2.32 bits per heavy atom. The van der Waals surface area contributed by atoms with E-state index in [-0.39, 0.29) is 0 Å². The molecule has 104 valence electrons. The molecule has 0 aromatic heterocycles. The number of allylic oxidation sites excluding steroid dienone is 3. The quantitative estimate of drug-likeness (QED) is 0.666. The third-order valence-electron chi connectivity index (χ3n) is 3.77. The Morgan fingerprint density at radius 2 is 1.79 bits per heavy atom. The molecule has 0 bridgehead atoms. The summed E-state index contributed by atoms with van der Waals surface area (Å²) in [4.78, 5) is 2.37. The summed E-state index contributed by atoms with van der Waals surface area (Å²) in [5.41, 5.74) is 3.91. The molecule has 1 heteroatoms. The van der Waals surface area contributed by atoms with Crippen molar-refractivity contribution in [3.8, 4) is 0 Å². The number of benzene rings is 1. The molecule has 0 N–H and O–H groups in total. The van der Waals surface area contributed by atoms with Crippen LogP contribution in [0.2, 0.25) is 0 Å². The first-order valence-corrected chi connectivity index (χ1v) is 7.10. The summed E-state index contributed by atoms with van der Waals surface area (Å²) in [7, 11) is 2.18. The lowest BCUT2D eigenvalue weighted by Crippen LogP contribution is -2.33. The molecule has 19 heavy (non-hydrogen) atoms. The molecule has 1 nitrogen and oxygen atoms in total. The van der Waals surface area contributed by atoms with Gasteiger partial charge in [0.1, 0.15) is 0 Å². The maximum absolute atomic E-state index is 2.37. The second kappa shape index (κ2) is 7.18. The van der Waals surface area contributed by atoms with Crippen molar-refractivity contribution in [1.82, 2.24) is 0 Å². The van der Waals surface area contributed by atoms with Crippen molar-refractivity contribution in [1.29, 1.82) is 0 Å². The lowest BCUT2D eigenvalue weighted by atomic mass is 10.0. The first kappa shape index (κ1) is 15.6. The molecular formula is C18H27N. The maximum atomic E-state index is 2.37. The fraction of sp³-hybridized carbons (Fsp3) is 0.444. The van der Waals surface area contributed by atoms with Crippen molar-refractivity contribution in [2.75, 3.05) is 11.9 Å². The van der Waals surface area contributed by atoms with Crippen molar-refractivity contribution in [2.45, 2.75) is 40.7 Å². The number of hydrogen-bond donors (Lipinski definition) is 0. The minimum Gasteiger partial charge on any atom is -0.371 e. The van der Waals surface area contributed by atoms with Crippen LogP contribution in [-0.2, 0) is 0 Å². The van der Waals surface area contributed by atoms with Crippen LogP contribution in [0.5, 0.6) is 0 Å². The van der Waals surface area contributed by atoms with Gasteiger partial charge in [-0.05, 0) is 49.9 Å². The predicted molar refractivity (Wildman–Crippen MR) is 87.7 cm³/mol. The Bertz CT molecular complexity index is 455. The molecular weight excluding hydrogens is 230 g/mol. The van der Waals surface area contributed by atoms with Crippen molar-refractivity contribution in [3.05, 3.63) is 47.6 Å². The van der Waals surface area contributed by atoms with Gasteiger partial charge in [0, 0.05) is 18.8 Å². The van der Waals surface area contributed by atoms with Gasteiger partial charge in [-0.25, -0.2) is 0 Å². The Hall–Kier alpha value is -1.50. The zero-order chi connectivity index (χ0) is 14.4. The third kappa shape index (κ3) is 4.27. The molecule has 0 heterocycles. The molecule has 1 unspecified atom stereocenters. The third-order valence-corrected chi connectivity index (χ3v) is 3.77. The number of nitrogens with zero attached hydrogens (tertiary/aromatic N) is 1. The molecule has 0 fully saturated rings. The van der Waals surface area contributed by atoms with Gasteiger partial charge in [0.25, 0.3) is 0 Å². The highest BCUT2D eigenvalue weighted by Crippen LogP contribution is 2.24. The van der Waals surface area contributed by atoms with E-state index < -0.39 is 0 Å². The van der Waals surface area contributed by atoms with E-state index >= 15 is 0 Å². The van der Waals surface area contributed by atoms with Crippen LogP contribution in [-0.4, -0.2) is 13.1 Å². The normalized spacial score (nSPS) is 13.6. The minimum absolute atomic E-state index is 0.545. The topological polar surface area (TPSA) is 3.24 Å². The van der Waals surface area contributed by atoms with Crippen LogP contribution in [0.1, 0.15) is 38.8 Å². The zero-order valence-electron chi connectivity index (χ0n) is 13.1. The zero-order valence-corrected chi connectivity index (χ0v) is 13.1. The number of hydrogen-bond acceptors (Lipinski definition) is 1. The second-order valence-corrected chi connectivity index (χ2v) is 5.53. The SMILES string of the molecule is C/C=C\C=C/c1ccc(N(C)C(C)C(C)C)c(C)c1. The second-order valence-electron chi connectivity index (χ2n) is 5.53. The van der Waals surface area contributed by atoms with Crippen LogP contribution in [0.15, 0.2) is 36.4 Å². The molecule has 1 rings (SSSR count). The van der Waals surface area contributed by atoms with Crippen molar-refractivity contribution < 1.29 is 0 Å².